The zero-order chi connectivity index (χ0) is 26.1. The zero-order valence-corrected chi connectivity index (χ0v) is 21.3. The van der Waals surface area contributed by atoms with Crippen LogP contribution in [0.5, 0.6) is 0 Å². The van der Waals surface area contributed by atoms with Gasteiger partial charge in [-0.3, -0.25) is 18.7 Å². The summed E-state index contributed by atoms with van der Waals surface area (Å²) < 4.78 is 3.25. The van der Waals surface area contributed by atoms with E-state index < -0.39 is 0 Å². The van der Waals surface area contributed by atoms with Crippen LogP contribution in [0.1, 0.15) is 52.6 Å². The van der Waals surface area contributed by atoms with Crippen molar-refractivity contribution < 1.29 is 9.59 Å². The molecule has 1 atom stereocenters. The second-order valence-electron chi connectivity index (χ2n) is 9.59. The van der Waals surface area contributed by atoms with Gasteiger partial charge in [0.15, 0.2) is 0 Å². The summed E-state index contributed by atoms with van der Waals surface area (Å²) in [5.74, 6) is 0.194. The van der Waals surface area contributed by atoms with Gasteiger partial charge < -0.3 is 10.2 Å². The van der Waals surface area contributed by atoms with Gasteiger partial charge in [0, 0.05) is 33.3 Å². The summed E-state index contributed by atoms with van der Waals surface area (Å²) in [6, 6.07) is 14.7. The van der Waals surface area contributed by atoms with E-state index in [1.165, 1.54) is 0 Å². The molecule has 1 fully saturated rings. The molecule has 2 amide bonds. The maximum Gasteiger partial charge on any atom is 0.328 e. The molecule has 5 rings (SSSR count). The number of anilines is 1. The van der Waals surface area contributed by atoms with E-state index in [1.54, 1.807) is 47.6 Å². The molecule has 1 aliphatic rings. The highest BCUT2D eigenvalue weighted by atomic mass is 16.2. The number of fused-ring (bicyclic) bond motifs is 1. The first-order valence-corrected chi connectivity index (χ1v) is 12.5. The molecule has 190 valence electrons. The van der Waals surface area contributed by atoms with Crippen molar-refractivity contribution in [2.24, 2.45) is 14.1 Å². The van der Waals surface area contributed by atoms with E-state index in [-0.39, 0.29) is 23.5 Å². The van der Waals surface area contributed by atoms with E-state index in [2.05, 4.69) is 15.3 Å². The summed E-state index contributed by atoms with van der Waals surface area (Å²) in [6.07, 6.45) is 4.34. The lowest BCUT2D eigenvalue weighted by Gasteiger charge is -2.24. The van der Waals surface area contributed by atoms with Crippen LogP contribution in [-0.4, -0.2) is 42.4 Å². The third kappa shape index (κ3) is 4.89. The summed E-state index contributed by atoms with van der Waals surface area (Å²) in [4.78, 5) is 48.9. The SMILES string of the molecule is Cc1ccc(NC(=O)c2cccc(C3CCCN3C(=O)CCc3ccc4c(c3)n(C)c(=O)n4C)n2)nc1. The fourth-order valence-corrected chi connectivity index (χ4v) is 4.96. The molecule has 0 aliphatic carbocycles. The van der Waals surface area contributed by atoms with Gasteiger partial charge in [-0.1, -0.05) is 18.2 Å². The highest BCUT2D eigenvalue weighted by Gasteiger charge is 2.31. The second-order valence-corrected chi connectivity index (χ2v) is 9.59. The maximum atomic E-state index is 13.2. The number of pyridine rings is 2. The number of nitrogens with one attached hydrogen (secondary N) is 1. The van der Waals surface area contributed by atoms with Crippen LogP contribution >= 0.6 is 0 Å². The molecule has 0 radical (unpaired) electrons. The van der Waals surface area contributed by atoms with E-state index in [9.17, 15) is 14.4 Å². The minimum absolute atomic E-state index is 0.0602. The lowest BCUT2D eigenvalue weighted by molar-refractivity contribution is -0.132. The number of hydrogen-bond acceptors (Lipinski definition) is 5. The number of benzene rings is 1. The number of carbonyl (C=O) groups is 2. The molecule has 37 heavy (non-hydrogen) atoms. The third-order valence-electron chi connectivity index (χ3n) is 7.03. The van der Waals surface area contributed by atoms with Crippen molar-refractivity contribution in [1.29, 1.82) is 0 Å². The van der Waals surface area contributed by atoms with Crippen LogP contribution in [0.2, 0.25) is 0 Å². The minimum Gasteiger partial charge on any atom is -0.334 e. The number of hydrogen-bond donors (Lipinski definition) is 1. The number of aromatic nitrogens is 4. The zero-order valence-electron chi connectivity index (χ0n) is 21.3. The monoisotopic (exact) mass is 498 g/mol. The molecule has 1 unspecified atom stereocenters. The van der Waals surface area contributed by atoms with Crippen LogP contribution in [0.25, 0.3) is 11.0 Å². The van der Waals surface area contributed by atoms with Gasteiger partial charge in [0.2, 0.25) is 5.91 Å². The van der Waals surface area contributed by atoms with Gasteiger partial charge in [-0.2, -0.15) is 0 Å². The molecule has 1 N–H and O–H groups in total. The number of aryl methyl sites for hydroxylation is 4. The Labute approximate surface area is 214 Å². The van der Waals surface area contributed by atoms with Crippen LogP contribution in [0.15, 0.2) is 59.5 Å². The van der Waals surface area contributed by atoms with Gasteiger partial charge in [-0.25, -0.2) is 14.8 Å². The summed E-state index contributed by atoms with van der Waals surface area (Å²) in [5.41, 5.74) is 4.69. The van der Waals surface area contributed by atoms with Gasteiger partial charge in [-0.15, -0.1) is 0 Å². The lowest BCUT2D eigenvalue weighted by atomic mass is 10.1. The second kappa shape index (κ2) is 10.0. The molecule has 9 heteroatoms. The first-order chi connectivity index (χ1) is 17.8. The Hall–Kier alpha value is -4.27. The van der Waals surface area contributed by atoms with Crippen molar-refractivity contribution in [1.82, 2.24) is 24.0 Å². The topological polar surface area (TPSA) is 102 Å². The third-order valence-corrected chi connectivity index (χ3v) is 7.03. The summed E-state index contributed by atoms with van der Waals surface area (Å²) >= 11 is 0. The highest BCUT2D eigenvalue weighted by molar-refractivity contribution is 6.02. The fourth-order valence-electron chi connectivity index (χ4n) is 4.96. The summed E-state index contributed by atoms with van der Waals surface area (Å²) in [5, 5.41) is 2.78. The standard InChI is InChI=1S/C28H30N6O3/c1-18-9-13-25(29-17-18)31-27(36)21-7-4-6-20(30-21)22-8-5-15-34(22)26(35)14-11-19-10-12-23-24(16-19)33(3)28(37)32(23)2/h4,6-7,9-10,12-13,16-17,22H,5,8,11,14-15H2,1-3H3,(H,29,31,36). The van der Waals surface area contributed by atoms with Crippen molar-refractivity contribution in [3.05, 3.63) is 87.7 Å². The van der Waals surface area contributed by atoms with Crippen molar-refractivity contribution in [2.45, 2.75) is 38.6 Å². The van der Waals surface area contributed by atoms with Gasteiger partial charge in [-0.05, 0) is 67.6 Å². The summed E-state index contributed by atoms with van der Waals surface area (Å²) in [6.45, 7) is 2.60. The van der Waals surface area contributed by atoms with Crippen LogP contribution in [0.3, 0.4) is 0 Å². The number of carbonyl (C=O) groups excluding carboxylic acids is 2. The molecule has 3 aromatic heterocycles. The van der Waals surface area contributed by atoms with Crippen LogP contribution in [0.4, 0.5) is 5.82 Å². The molecule has 0 spiro atoms. The minimum atomic E-state index is -0.334. The Balaban J connectivity index is 1.27. The number of amides is 2. The molecule has 0 bridgehead atoms. The van der Waals surface area contributed by atoms with E-state index >= 15 is 0 Å². The van der Waals surface area contributed by atoms with Gasteiger partial charge in [0.1, 0.15) is 11.5 Å². The van der Waals surface area contributed by atoms with Crippen molar-refractivity contribution in [3.8, 4) is 0 Å². The predicted octanol–water partition coefficient (Wildman–Crippen LogP) is 3.52. The van der Waals surface area contributed by atoms with E-state index in [4.69, 9.17) is 0 Å². The molecule has 1 aliphatic heterocycles. The predicted molar refractivity (Wildman–Crippen MR) is 141 cm³/mol. The Kier molecular flexibility index (Phi) is 6.60. The quantitative estimate of drug-likeness (QED) is 0.438. The average Bonchev–Trinajstić information content (AvgIpc) is 3.49. The number of nitrogens with zero attached hydrogens (tertiary/aromatic N) is 5. The van der Waals surface area contributed by atoms with Crippen LogP contribution < -0.4 is 11.0 Å². The van der Waals surface area contributed by atoms with Gasteiger partial charge in [0.25, 0.3) is 5.91 Å². The van der Waals surface area contributed by atoms with E-state index in [0.717, 1.165) is 40.7 Å². The molecule has 1 saturated heterocycles. The maximum absolute atomic E-state index is 13.2. The smallest absolute Gasteiger partial charge is 0.328 e. The number of rotatable bonds is 6. The first-order valence-electron chi connectivity index (χ1n) is 12.5. The Bertz CT molecular complexity index is 1540. The largest absolute Gasteiger partial charge is 0.334 e. The van der Waals surface area contributed by atoms with Gasteiger partial charge >= 0.3 is 5.69 Å². The van der Waals surface area contributed by atoms with E-state index in [1.807, 2.05) is 42.2 Å². The highest BCUT2D eigenvalue weighted by Crippen LogP contribution is 2.32. The van der Waals surface area contributed by atoms with Crippen LogP contribution in [0, 0.1) is 6.92 Å². The molecule has 0 saturated carbocycles. The summed E-state index contributed by atoms with van der Waals surface area (Å²) in [7, 11) is 3.51. The molecule has 4 aromatic rings. The van der Waals surface area contributed by atoms with E-state index in [0.29, 0.717) is 30.9 Å². The molecular weight excluding hydrogens is 468 g/mol. The first kappa shape index (κ1) is 24.4. The van der Waals surface area contributed by atoms with Crippen molar-refractivity contribution in [3.63, 3.8) is 0 Å². The average molecular weight is 499 g/mol. The Morgan fingerprint density at radius 2 is 1.86 bits per heavy atom. The molecular formula is C28H30N6O3. The fraction of sp³-hybridized carbons (Fsp3) is 0.321. The normalized spacial score (nSPS) is 15.3. The number of likely N-dealkylation sites (tertiary alicyclic amines) is 1. The molecule has 9 nitrogen and oxygen atoms in total. The van der Waals surface area contributed by atoms with Crippen LogP contribution in [-0.2, 0) is 25.3 Å². The van der Waals surface area contributed by atoms with Crippen molar-refractivity contribution >= 4 is 28.7 Å². The Morgan fingerprint density at radius 1 is 1.05 bits per heavy atom. The lowest BCUT2D eigenvalue weighted by Crippen LogP contribution is -2.31. The van der Waals surface area contributed by atoms with Gasteiger partial charge in [0.05, 0.1) is 22.8 Å². The Morgan fingerprint density at radius 3 is 2.65 bits per heavy atom. The number of imidazole rings is 1. The molecule has 1 aromatic carbocycles. The molecule has 4 heterocycles. The van der Waals surface area contributed by atoms with Crippen molar-refractivity contribution in [2.75, 3.05) is 11.9 Å².